The van der Waals surface area contributed by atoms with Crippen molar-refractivity contribution < 1.29 is 0 Å². The molecule has 0 radical (unpaired) electrons. The normalized spacial score (nSPS) is 9.80. The summed E-state index contributed by atoms with van der Waals surface area (Å²) in [6, 6.07) is 0. The smallest absolute Gasteiger partial charge is 0.160 e. The Bertz CT molecular complexity index is 176. The van der Waals surface area contributed by atoms with Gasteiger partial charge in [-0.15, -0.1) is 22.0 Å². The maximum atomic E-state index is 4.00. The zero-order chi connectivity index (χ0) is 7.40. The van der Waals surface area contributed by atoms with Gasteiger partial charge in [-0.2, -0.15) is 12.6 Å². The van der Waals surface area contributed by atoms with E-state index < -0.39 is 0 Å². The van der Waals surface area contributed by atoms with Crippen LogP contribution in [-0.4, -0.2) is 21.4 Å². The third-order valence-corrected chi connectivity index (χ3v) is 1.83. The molecule has 0 aliphatic rings. The van der Waals surface area contributed by atoms with Gasteiger partial charge in [0.1, 0.15) is 5.03 Å². The maximum Gasteiger partial charge on any atom is 0.160 e. The summed E-state index contributed by atoms with van der Waals surface area (Å²) in [5.74, 6) is 1.21. The van der Waals surface area contributed by atoms with Gasteiger partial charge >= 0.3 is 0 Å². The zero-order valence-electron chi connectivity index (χ0n) is 5.48. The monoisotopic (exact) mass is 173 g/mol. The highest BCUT2D eigenvalue weighted by Gasteiger charge is 1.93. The molecular weight excluding hydrogens is 166 g/mol. The van der Waals surface area contributed by atoms with Gasteiger partial charge in [-0.05, 0) is 6.26 Å². The molecular formula is C5H7N3S2. The zero-order valence-corrected chi connectivity index (χ0v) is 7.19. The van der Waals surface area contributed by atoms with Crippen LogP contribution in [0.5, 0.6) is 0 Å². The Balaban J connectivity index is 2.80. The van der Waals surface area contributed by atoms with E-state index in [0.29, 0.717) is 11.6 Å². The van der Waals surface area contributed by atoms with E-state index in [-0.39, 0.29) is 0 Å². The van der Waals surface area contributed by atoms with E-state index in [1.165, 1.54) is 11.8 Å². The fourth-order valence-corrected chi connectivity index (χ4v) is 0.880. The summed E-state index contributed by atoms with van der Waals surface area (Å²) in [5.41, 5.74) is 0. The highest BCUT2D eigenvalue weighted by atomic mass is 32.2. The molecule has 0 atom stereocenters. The standard InChI is InChI=1S/C5H7N3S2/c1-10-5-2-6-4(3-9)7-8-5/h2,9H,3H2,1H3. The van der Waals surface area contributed by atoms with E-state index >= 15 is 0 Å². The van der Waals surface area contributed by atoms with E-state index in [1.807, 2.05) is 6.26 Å². The van der Waals surface area contributed by atoms with Crippen molar-refractivity contribution in [2.24, 2.45) is 0 Å². The van der Waals surface area contributed by atoms with Gasteiger partial charge in [-0.25, -0.2) is 4.98 Å². The molecule has 0 N–H and O–H groups in total. The van der Waals surface area contributed by atoms with Gasteiger partial charge in [-0.1, -0.05) is 0 Å². The number of aromatic nitrogens is 3. The van der Waals surface area contributed by atoms with Crippen LogP contribution in [0.1, 0.15) is 5.82 Å². The predicted molar refractivity (Wildman–Crippen MR) is 44.3 cm³/mol. The van der Waals surface area contributed by atoms with Gasteiger partial charge < -0.3 is 0 Å². The molecule has 0 aliphatic carbocycles. The van der Waals surface area contributed by atoms with Crippen LogP contribution < -0.4 is 0 Å². The molecule has 1 aromatic heterocycles. The fourth-order valence-electron chi connectivity index (χ4n) is 0.454. The molecule has 54 valence electrons. The highest BCUT2D eigenvalue weighted by Crippen LogP contribution is 2.06. The molecule has 0 unspecified atom stereocenters. The topological polar surface area (TPSA) is 38.7 Å². The minimum absolute atomic E-state index is 0.543. The summed E-state index contributed by atoms with van der Waals surface area (Å²) in [6.45, 7) is 0. The molecule has 1 rings (SSSR count). The molecule has 10 heavy (non-hydrogen) atoms. The summed E-state index contributed by atoms with van der Waals surface area (Å²) in [7, 11) is 0. The Hall–Kier alpha value is -0.290. The summed E-state index contributed by atoms with van der Waals surface area (Å²) in [6.07, 6.45) is 3.63. The largest absolute Gasteiger partial charge is 0.236 e. The van der Waals surface area contributed by atoms with Crippen molar-refractivity contribution in [3.63, 3.8) is 0 Å². The molecule has 3 nitrogen and oxygen atoms in total. The fraction of sp³-hybridized carbons (Fsp3) is 0.400. The Morgan fingerprint density at radius 3 is 2.80 bits per heavy atom. The minimum Gasteiger partial charge on any atom is -0.236 e. The van der Waals surface area contributed by atoms with E-state index in [1.54, 1.807) is 6.20 Å². The van der Waals surface area contributed by atoms with Gasteiger partial charge in [0.05, 0.1) is 11.9 Å². The van der Waals surface area contributed by atoms with Crippen LogP contribution >= 0.6 is 24.4 Å². The third kappa shape index (κ3) is 1.85. The number of nitrogens with zero attached hydrogens (tertiary/aromatic N) is 3. The third-order valence-electron chi connectivity index (χ3n) is 0.939. The first-order valence-corrected chi connectivity index (χ1v) is 4.56. The van der Waals surface area contributed by atoms with E-state index in [4.69, 9.17) is 0 Å². The van der Waals surface area contributed by atoms with Crippen molar-refractivity contribution in [1.29, 1.82) is 0 Å². The Morgan fingerprint density at radius 1 is 1.60 bits per heavy atom. The first-order chi connectivity index (χ1) is 4.86. The molecule has 1 heterocycles. The molecule has 0 aromatic carbocycles. The molecule has 0 amide bonds. The highest BCUT2D eigenvalue weighted by molar-refractivity contribution is 7.98. The van der Waals surface area contributed by atoms with Crippen LogP contribution in [0.2, 0.25) is 0 Å². The van der Waals surface area contributed by atoms with Crippen molar-refractivity contribution in [2.75, 3.05) is 6.26 Å². The average molecular weight is 173 g/mol. The summed E-state index contributed by atoms with van der Waals surface area (Å²) in [5, 5.41) is 8.52. The molecule has 0 fully saturated rings. The SMILES string of the molecule is CSc1cnc(CS)nn1. The number of hydrogen-bond donors (Lipinski definition) is 1. The second kappa shape index (κ2) is 3.78. The quantitative estimate of drug-likeness (QED) is 0.535. The molecule has 0 saturated carbocycles. The minimum atomic E-state index is 0.543. The van der Waals surface area contributed by atoms with E-state index in [9.17, 15) is 0 Å². The van der Waals surface area contributed by atoms with Gasteiger partial charge in [0.2, 0.25) is 0 Å². The van der Waals surface area contributed by atoms with E-state index in [2.05, 4.69) is 27.8 Å². The van der Waals surface area contributed by atoms with Gasteiger partial charge in [-0.3, -0.25) is 0 Å². The lowest BCUT2D eigenvalue weighted by Gasteiger charge is -1.93. The van der Waals surface area contributed by atoms with Crippen LogP contribution in [0.3, 0.4) is 0 Å². The first-order valence-electron chi connectivity index (χ1n) is 2.70. The number of thioether (sulfide) groups is 1. The van der Waals surface area contributed by atoms with Crippen LogP contribution in [0, 0.1) is 0 Å². The number of rotatable bonds is 2. The molecule has 0 spiro atoms. The Labute approximate surface area is 69.1 Å². The molecule has 0 bridgehead atoms. The molecule has 5 heteroatoms. The van der Waals surface area contributed by atoms with Crippen molar-refractivity contribution in [3.8, 4) is 0 Å². The molecule has 1 aromatic rings. The van der Waals surface area contributed by atoms with Crippen molar-refractivity contribution in [1.82, 2.24) is 15.2 Å². The van der Waals surface area contributed by atoms with Gasteiger partial charge in [0.25, 0.3) is 0 Å². The van der Waals surface area contributed by atoms with Crippen molar-refractivity contribution in [3.05, 3.63) is 12.0 Å². The molecule has 0 saturated heterocycles. The van der Waals surface area contributed by atoms with Crippen LogP contribution in [0.4, 0.5) is 0 Å². The van der Waals surface area contributed by atoms with E-state index in [0.717, 1.165) is 5.03 Å². The van der Waals surface area contributed by atoms with Crippen LogP contribution in [0.15, 0.2) is 11.2 Å². The maximum absolute atomic E-state index is 4.00. The second-order valence-corrected chi connectivity index (χ2v) is 2.72. The second-order valence-electron chi connectivity index (χ2n) is 1.57. The van der Waals surface area contributed by atoms with Crippen LogP contribution in [-0.2, 0) is 5.75 Å². The molecule has 0 aliphatic heterocycles. The lowest BCUT2D eigenvalue weighted by atomic mass is 10.7. The Kier molecular flexibility index (Phi) is 2.95. The summed E-state index contributed by atoms with van der Waals surface area (Å²) in [4.78, 5) is 4.00. The lowest BCUT2D eigenvalue weighted by molar-refractivity contribution is 0.828. The van der Waals surface area contributed by atoms with Gasteiger partial charge in [0.15, 0.2) is 5.82 Å². The lowest BCUT2D eigenvalue weighted by Crippen LogP contribution is -1.94. The first kappa shape index (κ1) is 7.81. The number of hydrogen-bond acceptors (Lipinski definition) is 5. The predicted octanol–water partition coefficient (Wildman–Crippen LogP) is 1.02. The van der Waals surface area contributed by atoms with Crippen molar-refractivity contribution in [2.45, 2.75) is 10.8 Å². The summed E-state index contributed by atoms with van der Waals surface area (Å²) < 4.78 is 0. The Morgan fingerprint density at radius 2 is 2.40 bits per heavy atom. The van der Waals surface area contributed by atoms with Gasteiger partial charge in [0, 0.05) is 0 Å². The van der Waals surface area contributed by atoms with Crippen LogP contribution in [0.25, 0.3) is 0 Å². The van der Waals surface area contributed by atoms with Crippen molar-refractivity contribution >= 4 is 24.4 Å². The average Bonchev–Trinajstić information content (AvgIpc) is 2.05. The number of thiol groups is 1. The summed E-state index contributed by atoms with van der Waals surface area (Å²) >= 11 is 5.53.